The molecular weight excluding hydrogens is 214 g/mol. The van der Waals surface area contributed by atoms with Crippen LogP contribution in [0, 0.1) is 10.1 Å². The van der Waals surface area contributed by atoms with Gasteiger partial charge in [-0.15, -0.1) is 0 Å². The van der Waals surface area contributed by atoms with Crippen LogP contribution in [0.5, 0.6) is 0 Å². The van der Waals surface area contributed by atoms with E-state index < -0.39 is 4.92 Å². The number of nitrogens with one attached hydrogen (secondary N) is 1. The molecule has 6 heteroatoms. The number of nitrogens with zero attached hydrogens (tertiary/aromatic N) is 2. The molecule has 1 rings (SSSR count). The summed E-state index contributed by atoms with van der Waals surface area (Å²) in [5, 5.41) is 13.3. The van der Waals surface area contributed by atoms with Crippen LogP contribution < -0.4 is 5.32 Å². The van der Waals surface area contributed by atoms with Gasteiger partial charge in [-0.2, -0.15) is 12.6 Å². The molecule has 0 fully saturated rings. The number of rotatable bonds is 5. The topological polar surface area (TPSA) is 67.5 Å². The molecule has 0 saturated heterocycles. The first-order valence-electron chi connectivity index (χ1n) is 4.34. The van der Waals surface area contributed by atoms with E-state index in [-0.39, 0.29) is 5.69 Å². The summed E-state index contributed by atoms with van der Waals surface area (Å²) >= 11 is 4.00. The number of anilines is 1. The van der Waals surface area contributed by atoms with Gasteiger partial charge < -0.3 is 5.32 Å². The molecule has 0 amide bonds. The molecule has 0 spiro atoms. The zero-order valence-electron chi connectivity index (χ0n) is 7.96. The monoisotopic (exact) mass is 225 g/mol. The Kier molecular flexibility index (Phi) is 4.62. The molecule has 80 valence electrons. The van der Waals surface area contributed by atoms with Crippen molar-refractivity contribution in [2.24, 2.45) is 4.99 Å². The molecule has 0 heterocycles. The van der Waals surface area contributed by atoms with Crippen LogP contribution in [-0.2, 0) is 0 Å². The van der Waals surface area contributed by atoms with E-state index in [1.807, 2.05) is 0 Å². The molecule has 0 atom stereocenters. The van der Waals surface area contributed by atoms with E-state index in [1.54, 1.807) is 18.5 Å². The lowest BCUT2D eigenvalue weighted by Gasteiger charge is -1.98. The van der Waals surface area contributed by atoms with Crippen LogP contribution in [0.2, 0.25) is 0 Å². The molecule has 1 aromatic carbocycles. The molecule has 0 bridgehead atoms. The lowest BCUT2D eigenvalue weighted by atomic mass is 10.3. The van der Waals surface area contributed by atoms with Gasteiger partial charge in [-0.1, -0.05) is 0 Å². The minimum Gasteiger partial charge on any atom is -0.347 e. The van der Waals surface area contributed by atoms with Crippen molar-refractivity contribution in [2.75, 3.05) is 17.6 Å². The molecule has 5 nitrogen and oxygen atoms in total. The third-order valence-corrected chi connectivity index (χ3v) is 1.83. The van der Waals surface area contributed by atoms with Gasteiger partial charge in [0.15, 0.2) is 0 Å². The molecule has 1 N–H and O–H groups in total. The number of aliphatic imine (C=N–C) groups is 1. The first kappa shape index (κ1) is 11.5. The van der Waals surface area contributed by atoms with Crippen molar-refractivity contribution in [2.45, 2.75) is 0 Å². The van der Waals surface area contributed by atoms with Crippen molar-refractivity contribution in [3.05, 3.63) is 34.4 Å². The first-order chi connectivity index (χ1) is 7.24. The van der Waals surface area contributed by atoms with E-state index in [9.17, 15) is 10.1 Å². The normalized spacial score (nSPS) is 10.5. The smallest absolute Gasteiger partial charge is 0.269 e. The summed E-state index contributed by atoms with van der Waals surface area (Å²) in [6, 6.07) is 6.14. The second kappa shape index (κ2) is 6.02. The Morgan fingerprint density at radius 3 is 2.67 bits per heavy atom. The van der Waals surface area contributed by atoms with Crippen LogP contribution >= 0.6 is 12.6 Å². The van der Waals surface area contributed by atoms with Crippen LogP contribution in [0.3, 0.4) is 0 Å². The van der Waals surface area contributed by atoms with Gasteiger partial charge in [0.2, 0.25) is 0 Å². The van der Waals surface area contributed by atoms with E-state index in [4.69, 9.17) is 0 Å². The fourth-order valence-electron chi connectivity index (χ4n) is 0.922. The number of hydrogen-bond acceptors (Lipinski definition) is 4. The highest BCUT2D eigenvalue weighted by molar-refractivity contribution is 7.80. The number of nitro groups is 1. The Labute approximate surface area is 92.8 Å². The molecule has 0 saturated carbocycles. The van der Waals surface area contributed by atoms with Gasteiger partial charge in [0, 0.05) is 30.1 Å². The Bertz CT molecular complexity index is 351. The standard InChI is InChI=1S/C9H11N3O2S/c13-12(14)9-3-1-8(2-4-9)11-7-10-5-6-15/h1-4,7,15H,5-6H2,(H,10,11). The molecule has 0 aliphatic heterocycles. The summed E-state index contributed by atoms with van der Waals surface area (Å²) in [6.45, 7) is 0.642. The molecule has 0 aliphatic carbocycles. The molecule has 15 heavy (non-hydrogen) atoms. The SMILES string of the molecule is O=[N+]([O-])c1ccc(NC=NCCS)cc1. The van der Waals surface area contributed by atoms with Crippen molar-refractivity contribution in [3.8, 4) is 0 Å². The fraction of sp³-hybridized carbons (Fsp3) is 0.222. The van der Waals surface area contributed by atoms with Crippen LogP contribution in [0.4, 0.5) is 11.4 Å². The second-order valence-corrected chi connectivity index (χ2v) is 3.15. The van der Waals surface area contributed by atoms with Crippen LogP contribution in [-0.4, -0.2) is 23.6 Å². The van der Waals surface area contributed by atoms with Gasteiger partial charge in [0.05, 0.1) is 11.3 Å². The van der Waals surface area contributed by atoms with Crippen LogP contribution in [0.25, 0.3) is 0 Å². The van der Waals surface area contributed by atoms with E-state index in [2.05, 4.69) is 22.9 Å². The zero-order chi connectivity index (χ0) is 11.1. The largest absolute Gasteiger partial charge is 0.347 e. The van der Waals surface area contributed by atoms with Gasteiger partial charge in [0.25, 0.3) is 5.69 Å². The van der Waals surface area contributed by atoms with Gasteiger partial charge in [0.1, 0.15) is 0 Å². The predicted molar refractivity (Wildman–Crippen MR) is 63.9 cm³/mol. The Balaban J connectivity index is 2.53. The second-order valence-electron chi connectivity index (χ2n) is 2.71. The average molecular weight is 225 g/mol. The summed E-state index contributed by atoms with van der Waals surface area (Å²) in [6.07, 6.45) is 1.55. The maximum absolute atomic E-state index is 10.4. The highest BCUT2D eigenvalue weighted by Gasteiger charge is 2.02. The summed E-state index contributed by atoms with van der Waals surface area (Å²) < 4.78 is 0. The molecular formula is C9H11N3O2S. The summed E-state index contributed by atoms with van der Waals surface area (Å²) in [5.74, 6) is 0.693. The van der Waals surface area contributed by atoms with E-state index in [1.165, 1.54) is 12.1 Å². The van der Waals surface area contributed by atoms with Crippen molar-refractivity contribution >= 4 is 30.3 Å². The average Bonchev–Trinajstić information content (AvgIpc) is 2.25. The molecule has 1 aromatic rings. The van der Waals surface area contributed by atoms with Gasteiger partial charge in [-0.05, 0) is 12.1 Å². The van der Waals surface area contributed by atoms with Gasteiger partial charge in [-0.3, -0.25) is 15.1 Å². The lowest BCUT2D eigenvalue weighted by molar-refractivity contribution is -0.384. The van der Waals surface area contributed by atoms with Crippen molar-refractivity contribution < 1.29 is 4.92 Å². The number of hydrogen-bond donors (Lipinski definition) is 2. The minimum atomic E-state index is -0.432. The van der Waals surface area contributed by atoms with Gasteiger partial charge >= 0.3 is 0 Å². The van der Waals surface area contributed by atoms with E-state index in [0.29, 0.717) is 12.3 Å². The van der Waals surface area contributed by atoms with E-state index >= 15 is 0 Å². The number of benzene rings is 1. The maximum Gasteiger partial charge on any atom is 0.269 e. The van der Waals surface area contributed by atoms with Crippen LogP contribution in [0.15, 0.2) is 29.3 Å². The van der Waals surface area contributed by atoms with Crippen molar-refractivity contribution in [3.63, 3.8) is 0 Å². The fourth-order valence-corrected chi connectivity index (χ4v) is 1.04. The molecule has 0 radical (unpaired) electrons. The summed E-state index contributed by atoms with van der Waals surface area (Å²) in [5.41, 5.74) is 0.844. The molecule has 0 unspecified atom stereocenters. The third-order valence-electron chi connectivity index (χ3n) is 1.63. The van der Waals surface area contributed by atoms with Gasteiger partial charge in [-0.25, -0.2) is 0 Å². The number of non-ortho nitro benzene ring substituents is 1. The van der Waals surface area contributed by atoms with Crippen LogP contribution in [0.1, 0.15) is 0 Å². The molecule has 0 aromatic heterocycles. The highest BCUT2D eigenvalue weighted by Crippen LogP contribution is 2.14. The van der Waals surface area contributed by atoms with Crippen molar-refractivity contribution in [1.82, 2.24) is 0 Å². The number of thiol groups is 1. The Morgan fingerprint density at radius 2 is 2.13 bits per heavy atom. The first-order valence-corrected chi connectivity index (χ1v) is 4.97. The summed E-state index contributed by atoms with van der Waals surface area (Å²) in [4.78, 5) is 13.9. The Morgan fingerprint density at radius 1 is 1.47 bits per heavy atom. The lowest BCUT2D eigenvalue weighted by Crippen LogP contribution is -1.96. The van der Waals surface area contributed by atoms with Crippen molar-refractivity contribution in [1.29, 1.82) is 0 Å². The summed E-state index contributed by atoms with van der Waals surface area (Å²) in [7, 11) is 0. The Hall–Kier alpha value is -1.56. The highest BCUT2D eigenvalue weighted by atomic mass is 32.1. The van der Waals surface area contributed by atoms with E-state index in [0.717, 1.165) is 5.69 Å². The maximum atomic E-state index is 10.4. The molecule has 0 aliphatic rings. The number of nitro benzene ring substituents is 1. The zero-order valence-corrected chi connectivity index (χ0v) is 8.85. The predicted octanol–water partition coefficient (Wildman–Crippen LogP) is 1.96. The minimum absolute atomic E-state index is 0.0767. The third kappa shape index (κ3) is 3.99. The quantitative estimate of drug-likeness (QED) is 0.265.